The molecule has 0 saturated carbocycles. The van der Waals surface area contributed by atoms with Crippen LogP contribution in [-0.2, 0) is 5.41 Å². The molecule has 0 amide bonds. The molecule has 1 saturated heterocycles. The van der Waals surface area contributed by atoms with Gasteiger partial charge in [0.15, 0.2) is 11.5 Å². The normalized spacial score (nSPS) is 15.6. The third-order valence-electron chi connectivity index (χ3n) is 5.22. The summed E-state index contributed by atoms with van der Waals surface area (Å²) < 4.78 is 4.23. The van der Waals surface area contributed by atoms with E-state index < -0.39 is 0 Å². The summed E-state index contributed by atoms with van der Waals surface area (Å²) in [5.74, 6) is 2.91. The van der Waals surface area contributed by atoms with Crippen LogP contribution in [0, 0.1) is 6.92 Å². The van der Waals surface area contributed by atoms with E-state index in [2.05, 4.69) is 64.7 Å². The van der Waals surface area contributed by atoms with Crippen molar-refractivity contribution in [3.8, 4) is 0 Å². The topological polar surface area (TPSA) is 64.1 Å². The predicted octanol–water partition coefficient (Wildman–Crippen LogP) is 3.14. The van der Waals surface area contributed by atoms with Gasteiger partial charge in [0.05, 0.1) is 17.1 Å². The molecule has 1 aliphatic rings. The zero-order chi connectivity index (χ0) is 18.8. The highest BCUT2D eigenvalue weighted by atomic mass is 15.4. The number of hydrogen-bond acceptors (Lipinski definition) is 5. The second kappa shape index (κ2) is 5.52. The zero-order valence-electron chi connectivity index (χ0n) is 16.1. The standard InChI is InChI=1S/C20H23N7/c1-13-22-23-17-9-10-18(24-27(13)17)25-11-14(12-25)26-16-8-6-5-7-15(16)21-19(26)20(2,3)4/h5-10,14H,11-12H2,1-4H3. The molecule has 3 aromatic heterocycles. The number of benzene rings is 1. The maximum atomic E-state index is 4.94. The number of imidazole rings is 1. The number of rotatable bonds is 2. The highest BCUT2D eigenvalue weighted by molar-refractivity contribution is 5.76. The van der Waals surface area contributed by atoms with Crippen LogP contribution in [0.5, 0.6) is 0 Å². The molecule has 1 aliphatic heterocycles. The third kappa shape index (κ3) is 2.49. The van der Waals surface area contributed by atoms with Gasteiger partial charge >= 0.3 is 0 Å². The van der Waals surface area contributed by atoms with Crippen LogP contribution in [0.4, 0.5) is 5.82 Å². The molecule has 0 aliphatic carbocycles. The van der Waals surface area contributed by atoms with E-state index in [0.717, 1.165) is 41.7 Å². The van der Waals surface area contributed by atoms with Gasteiger partial charge in [-0.25, -0.2) is 4.98 Å². The van der Waals surface area contributed by atoms with Crippen molar-refractivity contribution >= 4 is 22.5 Å². The molecule has 4 heterocycles. The molecule has 27 heavy (non-hydrogen) atoms. The molecule has 1 fully saturated rings. The number of para-hydroxylation sites is 2. The smallest absolute Gasteiger partial charge is 0.178 e. The molecular formula is C20H23N7. The van der Waals surface area contributed by atoms with Gasteiger partial charge in [-0.05, 0) is 31.2 Å². The lowest BCUT2D eigenvalue weighted by molar-refractivity contribution is 0.370. The summed E-state index contributed by atoms with van der Waals surface area (Å²) in [6.45, 7) is 10.4. The molecule has 0 radical (unpaired) electrons. The van der Waals surface area contributed by atoms with Crippen molar-refractivity contribution in [2.45, 2.75) is 39.2 Å². The van der Waals surface area contributed by atoms with Crippen LogP contribution >= 0.6 is 0 Å². The highest BCUT2D eigenvalue weighted by Gasteiger charge is 2.34. The SMILES string of the molecule is Cc1nnc2ccc(N3CC(n4c(C(C)(C)C)nc5ccccc54)C3)nn12. The van der Waals surface area contributed by atoms with Gasteiger partial charge in [-0.1, -0.05) is 32.9 Å². The summed E-state index contributed by atoms with van der Waals surface area (Å²) in [5.41, 5.74) is 3.06. The molecule has 7 nitrogen and oxygen atoms in total. The molecule has 0 atom stereocenters. The lowest BCUT2D eigenvalue weighted by Crippen LogP contribution is -2.49. The first-order valence-electron chi connectivity index (χ1n) is 9.33. The summed E-state index contributed by atoms with van der Waals surface area (Å²) in [6, 6.07) is 12.8. The Kier molecular flexibility index (Phi) is 3.32. The summed E-state index contributed by atoms with van der Waals surface area (Å²) in [4.78, 5) is 7.23. The van der Waals surface area contributed by atoms with Crippen molar-refractivity contribution in [2.75, 3.05) is 18.0 Å². The Morgan fingerprint density at radius 1 is 1.00 bits per heavy atom. The van der Waals surface area contributed by atoms with Crippen LogP contribution in [0.1, 0.15) is 38.5 Å². The molecule has 0 unspecified atom stereocenters. The van der Waals surface area contributed by atoms with Gasteiger partial charge in [0, 0.05) is 18.5 Å². The summed E-state index contributed by atoms with van der Waals surface area (Å²) in [5, 5.41) is 12.9. The van der Waals surface area contributed by atoms with Crippen LogP contribution in [-0.4, -0.2) is 42.5 Å². The van der Waals surface area contributed by atoms with Gasteiger partial charge in [-0.15, -0.1) is 15.3 Å². The first-order chi connectivity index (χ1) is 12.9. The van der Waals surface area contributed by atoms with Crippen molar-refractivity contribution in [1.82, 2.24) is 29.4 Å². The van der Waals surface area contributed by atoms with E-state index in [1.165, 1.54) is 5.52 Å². The molecule has 0 bridgehead atoms. The Balaban J connectivity index is 1.48. The zero-order valence-corrected chi connectivity index (χ0v) is 16.1. The number of hydrogen-bond donors (Lipinski definition) is 0. The van der Waals surface area contributed by atoms with Crippen molar-refractivity contribution in [2.24, 2.45) is 0 Å². The molecule has 7 heteroatoms. The molecule has 5 rings (SSSR count). The summed E-state index contributed by atoms with van der Waals surface area (Å²) >= 11 is 0. The fourth-order valence-electron chi connectivity index (χ4n) is 3.80. The van der Waals surface area contributed by atoms with Crippen molar-refractivity contribution in [1.29, 1.82) is 0 Å². The molecular weight excluding hydrogens is 338 g/mol. The Labute approximate surface area is 157 Å². The van der Waals surface area contributed by atoms with E-state index in [9.17, 15) is 0 Å². The van der Waals surface area contributed by atoms with Gasteiger partial charge < -0.3 is 9.47 Å². The first kappa shape index (κ1) is 16.2. The van der Waals surface area contributed by atoms with Crippen molar-refractivity contribution in [3.05, 3.63) is 48.0 Å². The fraction of sp³-hybridized carbons (Fsp3) is 0.400. The van der Waals surface area contributed by atoms with Gasteiger partial charge in [-0.3, -0.25) is 0 Å². The van der Waals surface area contributed by atoms with Crippen LogP contribution in [0.25, 0.3) is 16.7 Å². The van der Waals surface area contributed by atoms with Crippen molar-refractivity contribution < 1.29 is 0 Å². The van der Waals surface area contributed by atoms with Crippen LogP contribution < -0.4 is 4.90 Å². The van der Waals surface area contributed by atoms with Crippen LogP contribution in [0.15, 0.2) is 36.4 Å². The fourth-order valence-corrected chi connectivity index (χ4v) is 3.80. The maximum Gasteiger partial charge on any atom is 0.178 e. The Bertz CT molecular complexity index is 1140. The molecule has 138 valence electrons. The maximum absolute atomic E-state index is 4.94. The quantitative estimate of drug-likeness (QED) is 0.549. The molecule has 1 aromatic carbocycles. The van der Waals surface area contributed by atoms with E-state index in [1.54, 1.807) is 4.52 Å². The van der Waals surface area contributed by atoms with E-state index in [-0.39, 0.29) is 5.41 Å². The first-order valence-corrected chi connectivity index (χ1v) is 9.33. The summed E-state index contributed by atoms with van der Waals surface area (Å²) in [6.07, 6.45) is 0. The number of fused-ring (bicyclic) bond motifs is 2. The Morgan fingerprint density at radius 2 is 1.78 bits per heavy atom. The Hall–Kier alpha value is -2.96. The predicted molar refractivity (Wildman–Crippen MR) is 105 cm³/mol. The average Bonchev–Trinajstić information content (AvgIpc) is 3.15. The van der Waals surface area contributed by atoms with Gasteiger partial charge in [0.1, 0.15) is 11.6 Å². The summed E-state index contributed by atoms with van der Waals surface area (Å²) in [7, 11) is 0. The van der Waals surface area contributed by atoms with Crippen molar-refractivity contribution in [3.63, 3.8) is 0 Å². The van der Waals surface area contributed by atoms with E-state index >= 15 is 0 Å². The monoisotopic (exact) mass is 361 g/mol. The minimum Gasteiger partial charge on any atom is -0.351 e. The number of aryl methyl sites for hydroxylation is 1. The molecule has 0 N–H and O–H groups in total. The highest BCUT2D eigenvalue weighted by Crippen LogP contribution is 2.34. The number of anilines is 1. The van der Waals surface area contributed by atoms with Crippen LogP contribution in [0.2, 0.25) is 0 Å². The van der Waals surface area contributed by atoms with Gasteiger partial charge in [0.25, 0.3) is 0 Å². The number of aromatic nitrogens is 6. The second-order valence-electron chi connectivity index (χ2n) is 8.31. The number of nitrogens with zero attached hydrogens (tertiary/aromatic N) is 7. The van der Waals surface area contributed by atoms with E-state index in [1.807, 2.05) is 19.1 Å². The van der Waals surface area contributed by atoms with Crippen LogP contribution in [0.3, 0.4) is 0 Å². The van der Waals surface area contributed by atoms with Gasteiger partial charge in [-0.2, -0.15) is 4.52 Å². The third-order valence-corrected chi connectivity index (χ3v) is 5.22. The van der Waals surface area contributed by atoms with E-state index in [0.29, 0.717) is 6.04 Å². The molecule has 4 aromatic rings. The minimum atomic E-state index is -0.00378. The average molecular weight is 361 g/mol. The second-order valence-corrected chi connectivity index (χ2v) is 8.31. The lowest BCUT2D eigenvalue weighted by Gasteiger charge is -2.42. The minimum absolute atomic E-state index is 0.00378. The van der Waals surface area contributed by atoms with Gasteiger partial charge in [0.2, 0.25) is 0 Å². The lowest BCUT2D eigenvalue weighted by atomic mass is 9.94. The largest absolute Gasteiger partial charge is 0.351 e. The molecule has 0 spiro atoms. The Morgan fingerprint density at radius 3 is 2.56 bits per heavy atom. The van der Waals surface area contributed by atoms with E-state index in [4.69, 9.17) is 10.1 Å².